The Balaban J connectivity index is 2.17. The van der Waals surface area contributed by atoms with Gasteiger partial charge in [-0.1, -0.05) is 49.8 Å². The standard InChI is InChI=1S/C23H32N2O2/c1-17(7-6-8-18(2)15-22(26)27)9-10-20-19(3)21(11-12-23(20,4)5)25-14-13-24-16-25/h6-10,15-16,21H,11-14H2,1-5H3,(H,26,27)/b8-6+,10-9+,17-7+,18-15+. The van der Waals surface area contributed by atoms with Gasteiger partial charge in [0.15, 0.2) is 0 Å². The second kappa shape index (κ2) is 9.03. The van der Waals surface area contributed by atoms with Gasteiger partial charge in [-0.05, 0) is 55.7 Å². The van der Waals surface area contributed by atoms with E-state index in [1.54, 1.807) is 6.92 Å². The maximum atomic E-state index is 10.6. The third-order valence-corrected chi connectivity index (χ3v) is 5.40. The van der Waals surface area contributed by atoms with Gasteiger partial charge in [0, 0.05) is 12.6 Å². The monoisotopic (exact) mass is 368 g/mol. The van der Waals surface area contributed by atoms with Crippen LogP contribution in [0.1, 0.15) is 47.5 Å². The Kier molecular flexibility index (Phi) is 7.00. The number of aliphatic carboxylic acids is 1. The summed E-state index contributed by atoms with van der Waals surface area (Å²) in [5.41, 5.74) is 4.88. The lowest BCUT2D eigenvalue weighted by molar-refractivity contribution is -0.131. The van der Waals surface area contributed by atoms with E-state index in [1.807, 2.05) is 24.6 Å². The lowest BCUT2D eigenvalue weighted by Gasteiger charge is -2.40. The van der Waals surface area contributed by atoms with Gasteiger partial charge >= 0.3 is 5.97 Å². The quantitative estimate of drug-likeness (QED) is 0.534. The van der Waals surface area contributed by atoms with E-state index in [9.17, 15) is 4.79 Å². The summed E-state index contributed by atoms with van der Waals surface area (Å²) in [6.07, 6.45) is 15.7. The van der Waals surface area contributed by atoms with Crippen molar-refractivity contribution < 1.29 is 9.90 Å². The number of carbonyl (C=O) groups is 1. The van der Waals surface area contributed by atoms with E-state index in [1.165, 1.54) is 30.1 Å². The van der Waals surface area contributed by atoms with Gasteiger partial charge < -0.3 is 10.0 Å². The number of hydrogen-bond donors (Lipinski definition) is 1. The second-order valence-corrected chi connectivity index (χ2v) is 8.12. The van der Waals surface area contributed by atoms with Crippen molar-refractivity contribution in [1.82, 2.24) is 4.90 Å². The van der Waals surface area contributed by atoms with Crippen LogP contribution in [0, 0.1) is 5.41 Å². The molecule has 0 bridgehead atoms. The zero-order chi connectivity index (χ0) is 20.0. The van der Waals surface area contributed by atoms with Gasteiger partial charge in [0.25, 0.3) is 0 Å². The molecule has 1 unspecified atom stereocenters. The van der Waals surface area contributed by atoms with E-state index in [2.05, 4.69) is 49.7 Å². The van der Waals surface area contributed by atoms with Crippen LogP contribution in [0.15, 0.2) is 63.7 Å². The molecule has 27 heavy (non-hydrogen) atoms. The van der Waals surface area contributed by atoms with Gasteiger partial charge in [-0.15, -0.1) is 0 Å². The molecule has 1 aliphatic heterocycles. The van der Waals surface area contributed by atoms with E-state index >= 15 is 0 Å². The Morgan fingerprint density at radius 3 is 2.67 bits per heavy atom. The van der Waals surface area contributed by atoms with Crippen molar-refractivity contribution in [2.45, 2.75) is 53.5 Å². The number of rotatable bonds is 6. The molecule has 4 nitrogen and oxygen atoms in total. The summed E-state index contributed by atoms with van der Waals surface area (Å²) in [4.78, 5) is 17.4. The predicted octanol–water partition coefficient (Wildman–Crippen LogP) is 4.93. The minimum Gasteiger partial charge on any atom is -0.478 e. The van der Waals surface area contributed by atoms with Gasteiger partial charge in [-0.25, -0.2) is 4.79 Å². The van der Waals surface area contributed by atoms with Gasteiger partial charge in [-0.2, -0.15) is 0 Å². The lowest BCUT2D eigenvalue weighted by Crippen LogP contribution is -2.39. The highest BCUT2D eigenvalue weighted by Crippen LogP contribution is 2.42. The molecule has 2 aliphatic rings. The van der Waals surface area contributed by atoms with Crippen LogP contribution < -0.4 is 0 Å². The van der Waals surface area contributed by atoms with Crippen LogP contribution in [-0.2, 0) is 4.79 Å². The largest absolute Gasteiger partial charge is 0.478 e. The molecule has 0 spiro atoms. The number of hydrogen-bond acceptors (Lipinski definition) is 3. The van der Waals surface area contributed by atoms with Crippen molar-refractivity contribution >= 4 is 12.3 Å². The van der Waals surface area contributed by atoms with Crippen LogP contribution in [0.5, 0.6) is 0 Å². The first-order valence-electron chi connectivity index (χ1n) is 9.62. The molecule has 1 heterocycles. The molecule has 0 aromatic rings. The van der Waals surface area contributed by atoms with Crippen molar-refractivity contribution in [1.29, 1.82) is 0 Å². The molecule has 0 aromatic heterocycles. The van der Waals surface area contributed by atoms with Crippen LogP contribution in [0.3, 0.4) is 0 Å². The SMILES string of the molecule is CC1=C(/C=C/C(C)=C/C=C/C(C)=C/C(=O)O)C(C)(C)CCC1N1C=NCC1. The molecule has 2 rings (SSSR count). The second-order valence-electron chi connectivity index (χ2n) is 8.12. The maximum Gasteiger partial charge on any atom is 0.328 e. The number of carboxylic acid groups (broad SMARTS) is 1. The first-order chi connectivity index (χ1) is 12.7. The summed E-state index contributed by atoms with van der Waals surface area (Å²) < 4.78 is 0. The van der Waals surface area contributed by atoms with E-state index in [-0.39, 0.29) is 5.41 Å². The van der Waals surface area contributed by atoms with Gasteiger partial charge in [0.1, 0.15) is 0 Å². The topological polar surface area (TPSA) is 52.9 Å². The molecule has 1 atom stereocenters. The van der Waals surface area contributed by atoms with Crippen molar-refractivity contribution in [2.24, 2.45) is 10.4 Å². The summed E-state index contributed by atoms with van der Waals surface area (Å²) in [5, 5.41) is 8.74. The first-order valence-corrected chi connectivity index (χ1v) is 9.62. The fourth-order valence-electron chi connectivity index (χ4n) is 3.83. The molecule has 0 radical (unpaired) electrons. The van der Waals surface area contributed by atoms with Crippen LogP contribution in [0.4, 0.5) is 0 Å². The maximum absolute atomic E-state index is 10.6. The van der Waals surface area contributed by atoms with E-state index < -0.39 is 5.97 Å². The fourth-order valence-corrected chi connectivity index (χ4v) is 3.83. The molecule has 0 saturated carbocycles. The van der Waals surface area contributed by atoms with Crippen molar-refractivity contribution in [2.75, 3.05) is 13.1 Å². The number of nitrogens with zero attached hydrogens (tertiary/aromatic N) is 2. The van der Waals surface area contributed by atoms with Crippen LogP contribution >= 0.6 is 0 Å². The van der Waals surface area contributed by atoms with Crippen LogP contribution in [-0.4, -0.2) is 41.4 Å². The smallest absolute Gasteiger partial charge is 0.328 e. The molecule has 1 N–H and O–H groups in total. The number of aliphatic imine (C=N–C) groups is 1. The Morgan fingerprint density at radius 1 is 1.30 bits per heavy atom. The Labute approximate surface area is 163 Å². The molecule has 0 amide bonds. The van der Waals surface area contributed by atoms with E-state index in [0.717, 1.165) is 24.2 Å². The molecule has 0 saturated heterocycles. The molecule has 1 aliphatic carbocycles. The minimum atomic E-state index is -0.919. The third kappa shape index (κ3) is 5.81. The van der Waals surface area contributed by atoms with Crippen LogP contribution in [0.25, 0.3) is 0 Å². The number of carboxylic acids is 1. The highest BCUT2D eigenvalue weighted by molar-refractivity contribution is 5.81. The zero-order valence-corrected chi connectivity index (χ0v) is 17.2. The molecule has 4 heteroatoms. The molecule has 146 valence electrons. The Hall–Kier alpha value is -2.36. The van der Waals surface area contributed by atoms with Crippen molar-refractivity contribution in [3.05, 3.63) is 58.7 Å². The van der Waals surface area contributed by atoms with Crippen LogP contribution in [0.2, 0.25) is 0 Å². The van der Waals surface area contributed by atoms with Gasteiger partial charge in [-0.3, -0.25) is 4.99 Å². The molecule has 0 aromatic carbocycles. The van der Waals surface area contributed by atoms with E-state index in [4.69, 9.17) is 5.11 Å². The molecular formula is C23H32N2O2. The summed E-state index contributed by atoms with van der Waals surface area (Å²) in [7, 11) is 0. The Morgan fingerprint density at radius 2 is 2.04 bits per heavy atom. The summed E-state index contributed by atoms with van der Waals surface area (Å²) in [5.74, 6) is -0.919. The normalized spacial score (nSPS) is 23.9. The summed E-state index contributed by atoms with van der Waals surface area (Å²) >= 11 is 0. The highest BCUT2D eigenvalue weighted by atomic mass is 16.4. The average molecular weight is 369 g/mol. The summed E-state index contributed by atoms with van der Waals surface area (Å²) in [6.45, 7) is 12.7. The van der Waals surface area contributed by atoms with Crippen molar-refractivity contribution in [3.8, 4) is 0 Å². The lowest BCUT2D eigenvalue weighted by atomic mass is 9.70. The minimum absolute atomic E-state index is 0.172. The first kappa shape index (κ1) is 20.9. The highest BCUT2D eigenvalue weighted by Gasteiger charge is 2.34. The molecule has 0 fully saturated rings. The van der Waals surface area contributed by atoms with Gasteiger partial charge in [0.2, 0.25) is 0 Å². The zero-order valence-electron chi connectivity index (χ0n) is 17.2. The third-order valence-electron chi connectivity index (χ3n) is 5.40. The predicted molar refractivity (Wildman–Crippen MR) is 113 cm³/mol. The fraction of sp³-hybridized carbons (Fsp3) is 0.478. The number of allylic oxidation sites excluding steroid dienone is 8. The summed E-state index contributed by atoms with van der Waals surface area (Å²) in [6, 6.07) is 0.455. The average Bonchev–Trinajstić information content (AvgIpc) is 3.07. The molecular weight excluding hydrogens is 336 g/mol. The van der Waals surface area contributed by atoms with Crippen molar-refractivity contribution in [3.63, 3.8) is 0 Å². The van der Waals surface area contributed by atoms with Gasteiger partial charge in [0.05, 0.1) is 18.9 Å². The Bertz CT molecular complexity index is 748. The van der Waals surface area contributed by atoms with E-state index in [0.29, 0.717) is 6.04 Å².